The van der Waals surface area contributed by atoms with Gasteiger partial charge in [-0.1, -0.05) is 26.0 Å². The molecule has 0 aliphatic carbocycles. The van der Waals surface area contributed by atoms with Gasteiger partial charge in [0.1, 0.15) is 11.6 Å². The molecule has 2 rings (SSSR count). The van der Waals surface area contributed by atoms with Crippen molar-refractivity contribution in [1.29, 1.82) is 0 Å². The Bertz CT molecular complexity index is 635. The van der Waals surface area contributed by atoms with E-state index >= 15 is 0 Å². The topological polar surface area (TPSA) is 35.2 Å². The zero-order chi connectivity index (χ0) is 14.9. The van der Waals surface area contributed by atoms with Crippen molar-refractivity contribution in [2.24, 2.45) is 0 Å². The van der Waals surface area contributed by atoms with Crippen LogP contribution in [0.2, 0.25) is 0 Å². The molecular formula is C17H20FNO. The van der Waals surface area contributed by atoms with Crippen molar-refractivity contribution in [3.63, 3.8) is 0 Å². The predicted molar refractivity (Wildman–Crippen MR) is 80.9 cm³/mol. The molecule has 0 spiro atoms. The minimum Gasteiger partial charge on any atom is -0.455 e. The lowest BCUT2D eigenvalue weighted by Crippen LogP contribution is -1.97. The zero-order valence-corrected chi connectivity index (χ0v) is 12.3. The second-order valence-electron chi connectivity index (χ2n) is 5.42. The van der Waals surface area contributed by atoms with Crippen molar-refractivity contribution in [3.8, 4) is 11.5 Å². The van der Waals surface area contributed by atoms with Gasteiger partial charge < -0.3 is 10.5 Å². The molecule has 0 heterocycles. The Morgan fingerprint density at radius 3 is 2.35 bits per heavy atom. The molecule has 0 fully saturated rings. The summed E-state index contributed by atoms with van der Waals surface area (Å²) >= 11 is 0. The van der Waals surface area contributed by atoms with Gasteiger partial charge in [0.05, 0.1) is 5.69 Å². The highest BCUT2D eigenvalue weighted by molar-refractivity contribution is 5.56. The molecule has 0 saturated carbocycles. The van der Waals surface area contributed by atoms with Gasteiger partial charge in [0.2, 0.25) is 0 Å². The number of ether oxygens (including phenoxy) is 1. The van der Waals surface area contributed by atoms with Crippen LogP contribution < -0.4 is 10.5 Å². The molecule has 0 unspecified atom stereocenters. The van der Waals surface area contributed by atoms with E-state index in [-0.39, 0.29) is 5.82 Å². The molecule has 0 atom stereocenters. The lowest BCUT2D eigenvalue weighted by atomic mass is 10.0. The number of hydrogen-bond donors (Lipinski definition) is 1. The molecule has 20 heavy (non-hydrogen) atoms. The third-order valence-electron chi connectivity index (χ3n) is 3.39. The molecule has 2 aromatic carbocycles. The average molecular weight is 273 g/mol. The van der Waals surface area contributed by atoms with Crippen molar-refractivity contribution in [1.82, 2.24) is 0 Å². The van der Waals surface area contributed by atoms with E-state index in [1.54, 1.807) is 13.0 Å². The Labute approximate surface area is 119 Å². The summed E-state index contributed by atoms with van der Waals surface area (Å²) < 4.78 is 19.3. The number of benzene rings is 2. The van der Waals surface area contributed by atoms with Gasteiger partial charge in [0.25, 0.3) is 0 Å². The van der Waals surface area contributed by atoms with Gasteiger partial charge in [-0.2, -0.15) is 0 Å². The highest BCUT2D eigenvalue weighted by Gasteiger charge is 2.10. The van der Waals surface area contributed by atoms with E-state index in [9.17, 15) is 4.39 Å². The largest absolute Gasteiger partial charge is 0.455 e. The summed E-state index contributed by atoms with van der Waals surface area (Å²) in [6, 6.07) is 9.06. The highest BCUT2D eigenvalue weighted by Crippen LogP contribution is 2.33. The number of nitrogen functional groups attached to an aromatic ring is 1. The average Bonchev–Trinajstić information content (AvgIpc) is 2.38. The van der Waals surface area contributed by atoms with E-state index in [0.717, 1.165) is 11.3 Å². The van der Waals surface area contributed by atoms with Crippen LogP contribution in [0.5, 0.6) is 11.5 Å². The van der Waals surface area contributed by atoms with Crippen LogP contribution in [0.15, 0.2) is 30.3 Å². The fourth-order valence-corrected chi connectivity index (χ4v) is 1.96. The third-order valence-corrected chi connectivity index (χ3v) is 3.39. The number of halogens is 1. The number of rotatable bonds is 3. The Morgan fingerprint density at radius 2 is 1.70 bits per heavy atom. The number of anilines is 1. The summed E-state index contributed by atoms with van der Waals surface area (Å²) in [5.41, 5.74) is 8.87. The minimum atomic E-state index is -0.317. The number of aryl methyl sites for hydroxylation is 2. The summed E-state index contributed by atoms with van der Waals surface area (Å²) in [4.78, 5) is 0. The van der Waals surface area contributed by atoms with Gasteiger partial charge in [0.15, 0.2) is 5.75 Å². The van der Waals surface area contributed by atoms with Crippen molar-refractivity contribution >= 4 is 5.69 Å². The Hall–Kier alpha value is -2.03. The monoisotopic (exact) mass is 273 g/mol. The van der Waals surface area contributed by atoms with Crippen molar-refractivity contribution in [2.45, 2.75) is 33.6 Å². The molecule has 3 heteroatoms. The van der Waals surface area contributed by atoms with Crippen LogP contribution in [0.25, 0.3) is 0 Å². The van der Waals surface area contributed by atoms with Gasteiger partial charge in [-0.05, 0) is 48.6 Å². The van der Waals surface area contributed by atoms with Crippen LogP contribution in [0.1, 0.15) is 36.5 Å². The van der Waals surface area contributed by atoms with Gasteiger partial charge in [0, 0.05) is 6.07 Å². The lowest BCUT2D eigenvalue weighted by molar-refractivity contribution is 0.477. The zero-order valence-electron chi connectivity index (χ0n) is 12.3. The van der Waals surface area contributed by atoms with Gasteiger partial charge in [-0.15, -0.1) is 0 Å². The maximum absolute atomic E-state index is 13.4. The molecule has 2 nitrogen and oxygen atoms in total. The summed E-state index contributed by atoms with van der Waals surface area (Å²) in [6.07, 6.45) is 0. The van der Waals surface area contributed by atoms with Gasteiger partial charge >= 0.3 is 0 Å². The Kier molecular flexibility index (Phi) is 3.98. The van der Waals surface area contributed by atoms with Crippen LogP contribution in [0.4, 0.5) is 10.1 Å². The Balaban J connectivity index is 2.39. The molecular weight excluding hydrogens is 253 g/mol. The van der Waals surface area contributed by atoms with E-state index in [1.165, 1.54) is 11.6 Å². The van der Waals surface area contributed by atoms with Crippen molar-refractivity contribution in [3.05, 3.63) is 52.8 Å². The summed E-state index contributed by atoms with van der Waals surface area (Å²) in [5.74, 6) is 1.36. The quantitative estimate of drug-likeness (QED) is 0.804. The van der Waals surface area contributed by atoms with E-state index < -0.39 is 0 Å². The fraction of sp³-hybridized carbons (Fsp3) is 0.294. The second kappa shape index (κ2) is 5.53. The molecule has 0 bridgehead atoms. The summed E-state index contributed by atoms with van der Waals surface area (Å²) in [6.45, 7) is 7.93. The molecule has 2 aromatic rings. The van der Waals surface area contributed by atoms with Gasteiger partial charge in [-0.3, -0.25) is 0 Å². The van der Waals surface area contributed by atoms with Crippen LogP contribution in [0, 0.1) is 19.7 Å². The molecule has 0 aliphatic heterocycles. The first kappa shape index (κ1) is 14.4. The molecule has 0 aliphatic rings. The van der Waals surface area contributed by atoms with E-state index in [0.29, 0.717) is 22.9 Å². The van der Waals surface area contributed by atoms with Crippen LogP contribution in [0.3, 0.4) is 0 Å². The van der Waals surface area contributed by atoms with Crippen LogP contribution in [-0.2, 0) is 0 Å². The molecule has 0 radical (unpaired) electrons. The predicted octanol–water partition coefficient (Wildman–Crippen LogP) is 4.94. The maximum Gasteiger partial charge on any atom is 0.150 e. The first-order chi connectivity index (χ1) is 9.38. The van der Waals surface area contributed by atoms with Crippen molar-refractivity contribution in [2.75, 3.05) is 5.73 Å². The highest BCUT2D eigenvalue weighted by atomic mass is 19.1. The first-order valence-electron chi connectivity index (χ1n) is 6.72. The van der Waals surface area contributed by atoms with E-state index in [2.05, 4.69) is 19.9 Å². The maximum atomic E-state index is 13.4. The summed E-state index contributed by atoms with van der Waals surface area (Å²) in [7, 11) is 0. The smallest absolute Gasteiger partial charge is 0.150 e. The summed E-state index contributed by atoms with van der Waals surface area (Å²) in [5, 5.41) is 0. The standard InChI is InChI=1S/C17H20FNO/c1-10(2)13-6-5-11(3)16(8-13)20-17-7-12(4)14(18)9-15(17)19/h5-10H,19H2,1-4H3. The molecule has 106 valence electrons. The SMILES string of the molecule is Cc1cc(Oc2cc(C(C)C)ccc2C)c(N)cc1F. The molecule has 2 N–H and O–H groups in total. The second-order valence-corrected chi connectivity index (χ2v) is 5.42. The van der Waals surface area contributed by atoms with Crippen LogP contribution >= 0.6 is 0 Å². The lowest BCUT2D eigenvalue weighted by Gasteiger charge is -2.14. The molecule has 0 amide bonds. The Morgan fingerprint density at radius 1 is 1.00 bits per heavy atom. The minimum absolute atomic E-state index is 0.308. The third kappa shape index (κ3) is 2.93. The number of nitrogens with two attached hydrogens (primary N) is 1. The molecule has 0 saturated heterocycles. The normalized spacial score (nSPS) is 10.9. The number of hydrogen-bond acceptors (Lipinski definition) is 2. The van der Waals surface area contributed by atoms with Gasteiger partial charge in [-0.25, -0.2) is 4.39 Å². The fourth-order valence-electron chi connectivity index (χ4n) is 1.96. The van der Waals surface area contributed by atoms with Crippen LogP contribution in [-0.4, -0.2) is 0 Å². The van der Waals surface area contributed by atoms with Crippen molar-refractivity contribution < 1.29 is 9.13 Å². The van der Waals surface area contributed by atoms with E-state index in [4.69, 9.17) is 10.5 Å². The molecule has 0 aromatic heterocycles. The van der Waals surface area contributed by atoms with E-state index in [1.807, 2.05) is 19.1 Å². The first-order valence-corrected chi connectivity index (χ1v) is 6.72.